The molecule has 0 spiro atoms. The summed E-state index contributed by atoms with van der Waals surface area (Å²) in [7, 11) is 0. The van der Waals surface area contributed by atoms with E-state index in [4.69, 9.17) is 33.8 Å². The molecule has 1 unspecified atom stereocenters. The van der Waals surface area contributed by atoms with Crippen LogP contribution in [0.4, 0.5) is 8.78 Å². The number of benzene rings is 2. The number of carbonyl (C=O) groups is 3. The Morgan fingerprint density at radius 1 is 0.828 bits per heavy atom. The third-order valence-electron chi connectivity index (χ3n) is 8.53. The highest BCUT2D eigenvalue weighted by molar-refractivity contribution is 7.99. The van der Waals surface area contributed by atoms with Crippen molar-refractivity contribution < 1.29 is 52.0 Å². The summed E-state index contributed by atoms with van der Waals surface area (Å²) >= 11 is 1.45. The van der Waals surface area contributed by atoms with Crippen LogP contribution in [0.1, 0.15) is 84.7 Å². The molecule has 0 saturated heterocycles. The number of nitrogens with zero attached hydrogens (tertiary/aromatic N) is 3. The highest BCUT2D eigenvalue weighted by Gasteiger charge is 2.38. The number of imidazole rings is 1. The van der Waals surface area contributed by atoms with Crippen molar-refractivity contribution in [3.8, 4) is 11.3 Å². The van der Waals surface area contributed by atoms with Crippen LogP contribution in [-0.4, -0.2) is 114 Å². The molecular weight excluding hydrogens is 773 g/mol. The van der Waals surface area contributed by atoms with E-state index in [9.17, 15) is 18.8 Å². The smallest absolute Gasteiger partial charge is 0.306 e. The molecule has 0 aliphatic carbocycles. The molecule has 1 aromatic heterocycles. The molecule has 15 heteroatoms. The molecule has 0 aliphatic rings. The van der Waals surface area contributed by atoms with Gasteiger partial charge in [0.1, 0.15) is 23.1 Å². The molecule has 1 atom stereocenters. The third kappa shape index (κ3) is 18.4. The number of esters is 1. The van der Waals surface area contributed by atoms with Crippen LogP contribution in [0.3, 0.4) is 0 Å². The molecule has 2 aromatic carbocycles. The van der Waals surface area contributed by atoms with Crippen molar-refractivity contribution in [2.75, 3.05) is 70.9 Å². The zero-order valence-electron chi connectivity index (χ0n) is 34.8. The quantitative estimate of drug-likeness (QED) is 0.0601. The Morgan fingerprint density at radius 3 is 2.05 bits per heavy atom. The number of hydrogen-bond donors (Lipinski definition) is 1. The lowest BCUT2D eigenvalue weighted by Gasteiger charge is -2.40. The second kappa shape index (κ2) is 24.9. The number of carboxylic acid groups (broad SMARTS) is 1. The lowest BCUT2D eigenvalue weighted by atomic mass is 9.84. The van der Waals surface area contributed by atoms with Gasteiger partial charge in [-0.25, -0.2) is 13.8 Å². The lowest BCUT2D eigenvalue weighted by Crippen LogP contribution is -2.44. The number of carboxylic acids is 1. The Bertz CT molecular complexity index is 1700. The number of hydrogen-bond acceptors (Lipinski definition) is 10. The van der Waals surface area contributed by atoms with Crippen molar-refractivity contribution in [2.45, 2.75) is 85.4 Å². The van der Waals surface area contributed by atoms with Gasteiger partial charge in [0.15, 0.2) is 0 Å². The van der Waals surface area contributed by atoms with E-state index in [2.05, 4.69) is 0 Å². The van der Waals surface area contributed by atoms with Crippen molar-refractivity contribution in [3.05, 3.63) is 77.8 Å². The van der Waals surface area contributed by atoms with Crippen molar-refractivity contribution >= 4 is 29.6 Å². The Morgan fingerprint density at radius 2 is 1.45 bits per heavy atom. The third-order valence-corrected chi connectivity index (χ3v) is 9.43. The van der Waals surface area contributed by atoms with E-state index in [1.165, 1.54) is 11.8 Å². The first-order valence-corrected chi connectivity index (χ1v) is 20.9. The number of aliphatic carboxylic acids is 1. The average molecular weight is 834 g/mol. The maximum Gasteiger partial charge on any atom is 0.306 e. The number of rotatable bonds is 27. The maximum atomic E-state index is 15.2. The molecular formula is C43H61F2N3O9S. The standard InChI is InChI=1S/C43H61F2N3O9S/c1-42(2,3)40(41-46-36(34-28-33(44)15-16-35(34)45)30-47(41)29-32-12-8-7-9-13-32)48(18-11-10-14-39(52)57-43(4,5)6)37(49)31-58-27-26-56-25-24-55-23-22-54-21-20-53-19-17-38(50)51/h7-9,12-13,15-16,28,30,40H,10-11,14,17-27,29,31H2,1-6H3,(H,50,51). The van der Waals surface area contributed by atoms with Crippen LogP contribution in [0.2, 0.25) is 0 Å². The normalized spacial score (nSPS) is 12.4. The Labute approximate surface area is 345 Å². The average Bonchev–Trinajstić information content (AvgIpc) is 3.54. The van der Waals surface area contributed by atoms with Crippen LogP contribution in [0, 0.1) is 17.0 Å². The van der Waals surface area contributed by atoms with Gasteiger partial charge >= 0.3 is 11.9 Å². The Hall–Kier alpha value is -3.89. The molecule has 3 aromatic rings. The molecule has 1 amide bonds. The first kappa shape index (κ1) is 48.5. The van der Waals surface area contributed by atoms with Gasteiger partial charge in [0.25, 0.3) is 0 Å². The van der Waals surface area contributed by atoms with Gasteiger partial charge in [-0.2, -0.15) is 0 Å². The van der Waals surface area contributed by atoms with Gasteiger partial charge in [-0.15, -0.1) is 11.8 Å². The number of amides is 1. The van der Waals surface area contributed by atoms with Crippen LogP contribution < -0.4 is 0 Å². The fourth-order valence-corrected chi connectivity index (χ4v) is 6.72. The number of unbranched alkanes of at least 4 members (excludes halogenated alkanes) is 1. The van der Waals surface area contributed by atoms with E-state index in [-0.39, 0.29) is 48.3 Å². The fourth-order valence-electron chi connectivity index (χ4n) is 6.00. The number of halogens is 2. The summed E-state index contributed by atoms with van der Waals surface area (Å²) in [6.45, 7) is 15.0. The summed E-state index contributed by atoms with van der Waals surface area (Å²) in [5, 5.41) is 8.61. The van der Waals surface area contributed by atoms with Crippen molar-refractivity contribution in [3.63, 3.8) is 0 Å². The van der Waals surface area contributed by atoms with E-state index in [1.807, 2.05) is 81.3 Å². The van der Waals surface area contributed by atoms with Crippen LogP contribution in [-0.2, 0) is 44.6 Å². The summed E-state index contributed by atoms with van der Waals surface area (Å²) in [4.78, 5) is 44.1. The van der Waals surface area contributed by atoms with Gasteiger partial charge < -0.3 is 38.3 Å². The minimum atomic E-state index is -0.904. The minimum Gasteiger partial charge on any atom is -0.481 e. The second-order valence-corrected chi connectivity index (χ2v) is 16.9. The maximum absolute atomic E-state index is 15.2. The van der Waals surface area contributed by atoms with E-state index in [1.54, 1.807) is 6.20 Å². The molecule has 3 rings (SSSR count). The Balaban J connectivity index is 1.69. The predicted octanol–water partition coefficient (Wildman–Crippen LogP) is 7.58. The van der Waals surface area contributed by atoms with Crippen LogP contribution >= 0.6 is 11.8 Å². The van der Waals surface area contributed by atoms with Gasteiger partial charge in [0.05, 0.1) is 76.8 Å². The molecule has 1 heterocycles. The molecule has 0 bridgehead atoms. The van der Waals surface area contributed by atoms with E-state index in [0.717, 1.165) is 23.8 Å². The molecule has 12 nitrogen and oxygen atoms in total. The predicted molar refractivity (Wildman–Crippen MR) is 220 cm³/mol. The fraction of sp³-hybridized carbons (Fsp3) is 0.581. The monoisotopic (exact) mass is 833 g/mol. The molecule has 322 valence electrons. The Kier molecular flexibility index (Phi) is 20.8. The van der Waals surface area contributed by atoms with Crippen molar-refractivity contribution in [1.82, 2.24) is 14.5 Å². The molecule has 58 heavy (non-hydrogen) atoms. The first-order valence-electron chi connectivity index (χ1n) is 19.7. The zero-order chi connectivity index (χ0) is 42.6. The summed E-state index contributed by atoms with van der Waals surface area (Å²) in [6.07, 6.45) is 2.92. The molecule has 0 radical (unpaired) electrons. The summed E-state index contributed by atoms with van der Waals surface area (Å²) in [6, 6.07) is 12.4. The van der Waals surface area contributed by atoms with Gasteiger partial charge in [0.2, 0.25) is 5.91 Å². The topological polar surface area (TPSA) is 139 Å². The largest absolute Gasteiger partial charge is 0.481 e. The second-order valence-electron chi connectivity index (χ2n) is 15.8. The highest BCUT2D eigenvalue weighted by Crippen LogP contribution is 2.40. The molecule has 0 fully saturated rings. The van der Waals surface area contributed by atoms with Gasteiger partial charge in [-0.1, -0.05) is 51.1 Å². The van der Waals surface area contributed by atoms with Gasteiger partial charge in [-0.3, -0.25) is 14.4 Å². The minimum absolute atomic E-state index is 0.0297. The highest BCUT2D eigenvalue weighted by atomic mass is 32.2. The van der Waals surface area contributed by atoms with E-state index in [0.29, 0.717) is 83.8 Å². The summed E-state index contributed by atoms with van der Waals surface area (Å²) in [5.41, 5.74) is 0.116. The molecule has 0 saturated carbocycles. The lowest BCUT2D eigenvalue weighted by molar-refractivity contribution is -0.155. The van der Waals surface area contributed by atoms with Crippen molar-refractivity contribution in [1.29, 1.82) is 0 Å². The number of carbonyl (C=O) groups excluding carboxylic acids is 2. The van der Waals surface area contributed by atoms with Crippen molar-refractivity contribution in [2.24, 2.45) is 5.41 Å². The van der Waals surface area contributed by atoms with Gasteiger partial charge in [0, 0.05) is 37.0 Å². The summed E-state index contributed by atoms with van der Waals surface area (Å²) < 4.78 is 58.8. The summed E-state index contributed by atoms with van der Waals surface area (Å²) in [5.74, 6) is -1.24. The molecule has 1 N–H and O–H groups in total. The first-order chi connectivity index (χ1) is 27.5. The van der Waals surface area contributed by atoms with E-state index < -0.39 is 34.7 Å². The zero-order valence-corrected chi connectivity index (χ0v) is 35.6. The number of thioether (sulfide) groups is 1. The number of ether oxygens (including phenoxy) is 5. The molecule has 0 aliphatic heterocycles. The van der Waals surface area contributed by atoms with Crippen LogP contribution in [0.5, 0.6) is 0 Å². The van der Waals surface area contributed by atoms with Crippen LogP contribution in [0.25, 0.3) is 11.3 Å². The van der Waals surface area contributed by atoms with Crippen LogP contribution in [0.15, 0.2) is 54.7 Å². The van der Waals surface area contributed by atoms with Gasteiger partial charge in [-0.05, 0) is 62.8 Å². The SMILES string of the molecule is CC(C)(C)OC(=O)CCCCN(C(=O)CSCCOCCOCCOCCOCCC(=O)O)C(c1nc(-c2cc(F)ccc2F)cn1Cc1ccccc1)C(C)(C)C. The van der Waals surface area contributed by atoms with E-state index >= 15 is 4.39 Å². The number of aromatic nitrogens is 2.